The molecule has 6 rings (SSSR count). The average molecular weight is 601 g/mol. The Morgan fingerprint density at radius 1 is 1.16 bits per heavy atom. The maximum Gasteiger partial charge on any atom is 0.349 e. The Balaban J connectivity index is 1.49. The first-order chi connectivity index (χ1) is 21.3. The van der Waals surface area contributed by atoms with Gasteiger partial charge in [-0.25, -0.2) is 4.79 Å². The summed E-state index contributed by atoms with van der Waals surface area (Å²) in [6.45, 7) is -0.478. The van der Waals surface area contributed by atoms with Crippen LogP contribution in [0.4, 0.5) is 0 Å². The molecule has 0 radical (unpaired) electrons. The molecule has 12 heteroatoms. The zero-order valence-electron chi connectivity index (χ0n) is 23.5. The first-order valence-corrected chi connectivity index (χ1v) is 13.8. The third kappa shape index (κ3) is 5.03. The number of rotatable bonds is 9. The number of methoxy groups -OCH3 is 1. The van der Waals surface area contributed by atoms with E-state index in [-0.39, 0.29) is 47.9 Å². The molecule has 2 amide bonds. The highest BCUT2D eigenvalue weighted by atomic mass is 16.5. The number of para-hydroxylation sites is 1. The van der Waals surface area contributed by atoms with Crippen molar-refractivity contribution in [3.05, 3.63) is 105 Å². The third-order valence-electron chi connectivity index (χ3n) is 7.84. The van der Waals surface area contributed by atoms with Gasteiger partial charge in [0.2, 0.25) is 5.91 Å². The summed E-state index contributed by atoms with van der Waals surface area (Å²) in [5.74, 6) is -1.69. The summed E-state index contributed by atoms with van der Waals surface area (Å²) < 4.78 is 22.3. The van der Waals surface area contributed by atoms with Crippen molar-refractivity contribution in [3.63, 3.8) is 0 Å². The van der Waals surface area contributed by atoms with Crippen molar-refractivity contribution in [2.75, 3.05) is 20.3 Å². The summed E-state index contributed by atoms with van der Waals surface area (Å²) in [6.07, 6.45) is 2.44. The van der Waals surface area contributed by atoms with Crippen LogP contribution in [0.5, 0.6) is 11.5 Å². The van der Waals surface area contributed by atoms with Crippen LogP contribution in [0.3, 0.4) is 0 Å². The van der Waals surface area contributed by atoms with Gasteiger partial charge in [0.05, 0.1) is 38.2 Å². The van der Waals surface area contributed by atoms with Gasteiger partial charge in [0, 0.05) is 40.7 Å². The van der Waals surface area contributed by atoms with Crippen molar-refractivity contribution in [1.82, 2.24) is 10.2 Å². The molecule has 12 nitrogen and oxygen atoms in total. The molecule has 4 aromatic rings. The Morgan fingerprint density at radius 3 is 2.70 bits per heavy atom. The van der Waals surface area contributed by atoms with Crippen LogP contribution in [-0.2, 0) is 11.3 Å². The number of nitrogens with one attached hydrogen (secondary N) is 1. The van der Waals surface area contributed by atoms with Gasteiger partial charge in [0.1, 0.15) is 29.6 Å². The number of benzene rings is 2. The maximum absolute atomic E-state index is 14.2. The van der Waals surface area contributed by atoms with E-state index in [0.29, 0.717) is 28.4 Å². The maximum atomic E-state index is 14.2. The molecular weight excluding hydrogens is 572 g/mol. The lowest BCUT2D eigenvalue weighted by atomic mass is 9.77. The van der Waals surface area contributed by atoms with Gasteiger partial charge in [-0.2, -0.15) is 0 Å². The molecule has 3 heterocycles. The number of aliphatic hydroxyl groups is 2. The Labute approximate surface area is 250 Å². The molecule has 2 aromatic heterocycles. The number of aliphatic hydroxyl groups excluding tert-OH is 2. The number of nitrogens with zero attached hydrogens (tertiary/aromatic N) is 1. The Kier molecular flexibility index (Phi) is 7.77. The van der Waals surface area contributed by atoms with Crippen LogP contribution in [0.2, 0.25) is 0 Å². The minimum Gasteiger partial charge on any atom is -0.493 e. The number of carbonyl (C=O) groups excluding carboxylic acids is 3. The van der Waals surface area contributed by atoms with Crippen LogP contribution in [0.25, 0.3) is 11.0 Å². The van der Waals surface area contributed by atoms with E-state index in [4.69, 9.17) is 18.3 Å². The van der Waals surface area contributed by atoms with Crippen LogP contribution >= 0.6 is 0 Å². The molecule has 2 aromatic carbocycles. The molecule has 0 spiro atoms. The second kappa shape index (κ2) is 11.8. The smallest absolute Gasteiger partial charge is 0.349 e. The van der Waals surface area contributed by atoms with Crippen molar-refractivity contribution in [1.29, 1.82) is 0 Å². The molecule has 4 unspecified atom stereocenters. The molecule has 1 aliphatic carbocycles. The summed E-state index contributed by atoms with van der Waals surface area (Å²) in [6, 6.07) is 11.7. The monoisotopic (exact) mass is 600 g/mol. The van der Waals surface area contributed by atoms with Crippen LogP contribution < -0.4 is 20.4 Å². The standard InChI is InChI=1S/C32H28N2O10/c1-41-25-11-18(15-36)10-20-26-21(30(38)33-7-8-35)13-23(27(37)29(26)44-28(20)25)34(14-17-6-9-42-16-17)31(39)22-12-19-4-2-3-5-24(19)43-32(22)40/h2-6,9-13,15-16,23,26-27,29,35,37H,7-8,14H2,1H3,(H,33,38). The fourth-order valence-corrected chi connectivity index (χ4v) is 5.82. The van der Waals surface area contributed by atoms with Gasteiger partial charge in [0.15, 0.2) is 11.5 Å². The van der Waals surface area contributed by atoms with E-state index in [1.54, 1.807) is 36.4 Å². The number of hydrogen-bond acceptors (Lipinski definition) is 10. The van der Waals surface area contributed by atoms with E-state index in [9.17, 15) is 29.4 Å². The topological polar surface area (TPSA) is 169 Å². The third-order valence-corrected chi connectivity index (χ3v) is 7.84. The molecule has 0 bridgehead atoms. The summed E-state index contributed by atoms with van der Waals surface area (Å²) in [7, 11) is 1.40. The van der Waals surface area contributed by atoms with Gasteiger partial charge in [-0.3, -0.25) is 14.4 Å². The normalized spacial score (nSPS) is 20.2. The summed E-state index contributed by atoms with van der Waals surface area (Å²) >= 11 is 0. The van der Waals surface area contributed by atoms with Gasteiger partial charge in [0.25, 0.3) is 5.91 Å². The second-order valence-electron chi connectivity index (χ2n) is 10.5. The van der Waals surface area contributed by atoms with Gasteiger partial charge in [-0.1, -0.05) is 18.2 Å². The largest absolute Gasteiger partial charge is 0.493 e. The van der Waals surface area contributed by atoms with Gasteiger partial charge in [-0.05, 0) is 36.4 Å². The molecule has 3 N–H and O–H groups in total. The number of ether oxygens (including phenoxy) is 2. The average Bonchev–Trinajstić information content (AvgIpc) is 3.70. The van der Waals surface area contributed by atoms with Crippen molar-refractivity contribution in [3.8, 4) is 11.5 Å². The first-order valence-electron chi connectivity index (χ1n) is 13.8. The highest BCUT2D eigenvalue weighted by Crippen LogP contribution is 2.51. The molecule has 0 saturated carbocycles. The minimum atomic E-state index is -1.41. The van der Waals surface area contributed by atoms with E-state index in [1.165, 1.54) is 42.7 Å². The number of furan rings is 1. The zero-order chi connectivity index (χ0) is 31.0. The number of hydrogen-bond donors (Lipinski definition) is 3. The zero-order valence-corrected chi connectivity index (χ0v) is 23.5. The van der Waals surface area contributed by atoms with E-state index < -0.39 is 41.6 Å². The lowest BCUT2D eigenvalue weighted by molar-refractivity contribution is -0.118. The minimum absolute atomic E-state index is 0.0536. The molecule has 44 heavy (non-hydrogen) atoms. The molecule has 2 aliphatic rings. The number of amides is 2. The fraction of sp³-hybridized carbons (Fsp3) is 0.250. The van der Waals surface area contributed by atoms with Crippen molar-refractivity contribution in [2.24, 2.45) is 0 Å². The van der Waals surface area contributed by atoms with Crippen molar-refractivity contribution in [2.45, 2.75) is 30.7 Å². The van der Waals surface area contributed by atoms with E-state index in [1.807, 2.05) is 0 Å². The summed E-state index contributed by atoms with van der Waals surface area (Å²) in [5, 5.41) is 24.4. The predicted octanol–water partition coefficient (Wildman–Crippen LogP) is 2.17. The Bertz CT molecular complexity index is 1830. The second-order valence-corrected chi connectivity index (χ2v) is 10.5. The Morgan fingerprint density at radius 2 is 1.98 bits per heavy atom. The summed E-state index contributed by atoms with van der Waals surface area (Å²) in [4.78, 5) is 53.7. The highest BCUT2D eigenvalue weighted by molar-refractivity contribution is 5.99. The molecule has 1 aliphatic heterocycles. The Hall–Kier alpha value is -5.20. The van der Waals surface area contributed by atoms with Crippen molar-refractivity contribution < 1.29 is 42.9 Å². The lowest BCUT2D eigenvalue weighted by Gasteiger charge is -2.40. The van der Waals surface area contributed by atoms with Crippen LogP contribution in [-0.4, -0.2) is 71.7 Å². The van der Waals surface area contributed by atoms with E-state index >= 15 is 0 Å². The van der Waals surface area contributed by atoms with E-state index in [0.717, 1.165) is 0 Å². The highest BCUT2D eigenvalue weighted by Gasteiger charge is 2.51. The molecule has 0 saturated heterocycles. The van der Waals surface area contributed by atoms with Crippen LogP contribution in [0.15, 0.2) is 86.3 Å². The van der Waals surface area contributed by atoms with Crippen LogP contribution in [0.1, 0.15) is 37.8 Å². The predicted molar refractivity (Wildman–Crippen MR) is 155 cm³/mol. The summed E-state index contributed by atoms with van der Waals surface area (Å²) in [5.41, 5.74) is 0.588. The van der Waals surface area contributed by atoms with E-state index in [2.05, 4.69) is 5.32 Å². The number of fused-ring (bicyclic) bond motifs is 4. The molecule has 0 fully saturated rings. The quantitative estimate of drug-likeness (QED) is 0.191. The molecule has 4 atom stereocenters. The van der Waals surface area contributed by atoms with Gasteiger partial charge < -0.3 is 38.7 Å². The number of carbonyl (C=O) groups is 3. The van der Waals surface area contributed by atoms with Gasteiger partial charge >= 0.3 is 5.63 Å². The lowest BCUT2D eigenvalue weighted by Crippen LogP contribution is -2.55. The molecule has 226 valence electrons. The van der Waals surface area contributed by atoms with Crippen molar-refractivity contribution >= 4 is 29.1 Å². The van der Waals surface area contributed by atoms with Gasteiger partial charge in [-0.15, -0.1) is 0 Å². The fourth-order valence-electron chi connectivity index (χ4n) is 5.82. The number of aldehydes is 1. The SMILES string of the molecule is COc1cc(C=O)cc2c1OC1C2C(C(=O)NCCO)=CC(N(Cc2ccoc2)C(=O)c2cc3ccccc3oc2=O)C1O. The molecular formula is C32H28N2O10. The first kappa shape index (κ1) is 28.9. The van der Waals surface area contributed by atoms with Crippen LogP contribution in [0, 0.1) is 0 Å².